The van der Waals surface area contributed by atoms with Crippen LogP contribution in [0.4, 0.5) is 0 Å². The Labute approximate surface area is 94.6 Å². The Kier molecular flexibility index (Phi) is 3.27. The van der Waals surface area contributed by atoms with Gasteiger partial charge in [0.15, 0.2) is 0 Å². The lowest BCUT2D eigenvalue weighted by molar-refractivity contribution is -0.119. The Balaban J connectivity index is 2.10. The van der Waals surface area contributed by atoms with E-state index in [1.165, 1.54) is 18.4 Å². The Bertz CT molecular complexity index is 335. The lowest BCUT2D eigenvalue weighted by atomic mass is 10.0. The number of carbonyl (C=O) groups is 1. The van der Waals surface area contributed by atoms with E-state index in [1.807, 2.05) is 18.2 Å². The van der Waals surface area contributed by atoms with E-state index in [0.717, 1.165) is 0 Å². The van der Waals surface area contributed by atoms with Crippen LogP contribution in [0.25, 0.3) is 0 Å². The summed E-state index contributed by atoms with van der Waals surface area (Å²) in [5.74, 6) is 0.549. The van der Waals surface area contributed by atoms with Crippen LogP contribution in [0.3, 0.4) is 0 Å². The molecule has 2 rings (SSSR count). The fraction of sp³-hybridized carbons (Fsp3) is 0.417. The largest absolute Gasteiger partial charge is 0.348 e. The van der Waals surface area contributed by atoms with E-state index < -0.39 is 0 Å². The molecule has 15 heavy (non-hydrogen) atoms. The molecule has 1 aromatic rings. The van der Waals surface area contributed by atoms with Crippen LogP contribution in [0.15, 0.2) is 30.3 Å². The smallest absolute Gasteiger partial charge is 0.235 e. The van der Waals surface area contributed by atoms with Crippen LogP contribution in [0.5, 0.6) is 0 Å². The van der Waals surface area contributed by atoms with Gasteiger partial charge in [0.25, 0.3) is 0 Å². The first-order chi connectivity index (χ1) is 7.31. The first-order valence-corrected chi connectivity index (χ1v) is 5.75. The zero-order chi connectivity index (χ0) is 10.7. The van der Waals surface area contributed by atoms with Gasteiger partial charge >= 0.3 is 0 Å². The Hall–Kier alpha value is -1.02. The second kappa shape index (κ2) is 4.67. The summed E-state index contributed by atoms with van der Waals surface area (Å²) in [6.07, 6.45) is 2.39. The van der Waals surface area contributed by atoms with Gasteiger partial charge in [-0.15, -0.1) is 11.6 Å². The van der Waals surface area contributed by atoms with Gasteiger partial charge in [0.05, 0.1) is 6.04 Å². The number of nitrogens with one attached hydrogen (secondary N) is 1. The molecule has 1 saturated carbocycles. The average molecular weight is 224 g/mol. The molecule has 0 saturated heterocycles. The highest BCUT2D eigenvalue weighted by atomic mass is 35.5. The SMILES string of the molecule is O=C(CCl)N[C@H](c1ccccc1)C1CC1. The summed E-state index contributed by atoms with van der Waals surface area (Å²) in [4.78, 5) is 11.3. The molecule has 1 atom stereocenters. The number of benzene rings is 1. The minimum atomic E-state index is -0.0857. The maximum absolute atomic E-state index is 11.3. The number of halogens is 1. The van der Waals surface area contributed by atoms with Crippen molar-refractivity contribution in [2.45, 2.75) is 18.9 Å². The van der Waals surface area contributed by atoms with Crippen molar-refractivity contribution >= 4 is 17.5 Å². The van der Waals surface area contributed by atoms with Gasteiger partial charge in [0, 0.05) is 0 Å². The fourth-order valence-electron chi connectivity index (χ4n) is 1.78. The number of rotatable bonds is 4. The summed E-state index contributed by atoms with van der Waals surface area (Å²) in [6, 6.07) is 10.2. The van der Waals surface area contributed by atoms with Crippen LogP contribution in [0.2, 0.25) is 0 Å². The molecule has 1 aliphatic carbocycles. The number of carbonyl (C=O) groups excluding carboxylic acids is 1. The van der Waals surface area contributed by atoms with Crippen LogP contribution in [0.1, 0.15) is 24.4 Å². The second-order valence-corrected chi connectivity index (χ2v) is 4.19. The molecule has 80 valence electrons. The minimum absolute atomic E-state index is 0.0378. The molecule has 0 bridgehead atoms. The number of amides is 1. The van der Waals surface area contributed by atoms with E-state index in [4.69, 9.17) is 11.6 Å². The third kappa shape index (κ3) is 2.72. The molecule has 1 fully saturated rings. The molecule has 0 aliphatic heterocycles. The van der Waals surface area contributed by atoms with E-state index in [2.05, 4.69) is 17.4 Å². The van der Waals surface area contributed by atoms with E-state index in [1.54, 1.807) is 0 Å². The van der Waals surface area contributed by atoms with Crippen LogP contribution in [-0.4, -0.2) is 11.8 Å². The van der Waals surface area contributed by atoms with Gasteiger partial charge in [-0.25, -0.2) is 0 Å². The van der Waals surface area contributed by atoms with Crippen LogP contribution < -0.4 is 5.32 Å². The minimum Gasteiger partial charge on any atom is -0.348 e. The monoisotopic (exact) mass is 223 g/mol. The molecular formula is C12H14ClNO. The normalized spacial score (nSPS) is 17.1. The van der Waals surface area contributed by atoms with Gasteiger partial charge in [-0.05, 0) is 24.3 Å². The van der Waals surface area contributed by atoms with Gasteiger partial charge in [-0.2, -0.15) is 0 Å². The van der Waals surface area contributed by atoms with Crippen molar-refractivity contribution in [2.24, 2.45) is 5.92 Å². The lowest BCUT2D eigenvalue weighted by Gasteiger charge is -2.17. The fourth-order valence-corrected chi connectivity index (χ4v) is 1.85. The highest BCUT2D eigenvalue weighted by Crippen LogP contribution is 2.40. The van der Waals surface area contributed by atoms with Crippen molar-refractivity contribution in [3.8, 4) is 0 Å². The molecule has 1 aromatic carbocycles. The van der Waals surface area contributed by atoms with E-state index in [-0.39, 0.29) is 17.8 Å². The van der Waals surface area contributed by atoms with Crippen LogP contribution in [-0.2, 0) is 4.79 Å². The maximum Gasteiger partial charge on any atom is 0.235 e. The molecule has 0 aromatic heterocycles. The number of hydrogen-bond donors (Lipinski definition) is 1. The van der Waals surface area contributed by atoms with Crippen LogP contribution in [0, 0.1) is 5.92 Å². The molecule has 1 amide bonds. The molecule has 0 unspecified atom stereocenters. The summed E-state index contributed by atoms with van der Waals surface area (Å²) >= 11 is 5.50. The second-order valence-electron chi connectivity index (χ2n) is 3.93. The van der Waals surface area contributed by atoms with Crippen LogP contribution >= 0.6 is 11.6 Å². The van der Waals surface area contributed by atoms with E-state index >= 15 is 0 Å². The van der Waals surface area contributed by atoms with Gasteiger partial charge in [-0.1, -0.05) is 30.3 Å². The molecule has 0 radical (unpaired) electrons. The first-order valence-electron chi connectivity index (χ1n) is 5.21. The standard InChI is InChI=1S/C12H14ClNO/c13-8-11(15)14-12(10-6-7-10)9-4-2-1-3-5-9/h1-5,10,12H,6-8H2,(H,14,15)/t12-/m1/s1. The molecule has 1 aliphatic rings. The molecule has 1 N–H and O–H groups in total. The quantitative estimate of drug-likeness (QED) is 0.781. The highest BCUT2D eigenvalue weighted by Gasteiger charge is 2.32. The van der Waals surface area contributed by atoms with Crippen molar-refractivity contribution in [1.29, 1.82) is 0 Å². The summed E-state index contributed by atoms with van der Waals surface area (Å²) in [6.45, 7) is 0. The third-order valence-electron chi connectivity index (χ3n) is 2.69. The molecule has 3 heteroatoms. The summed E-state index contributed by atoms with van der Waals surface area (Å²) in [5, 5.41) is 2.97. The van der Waals surface area contributed by atoms with E-state index in [0.29, 0.717) is 5.92 Å². The lowest BCUT2D eigenvalue weighted by Crippen LogP contribution is -2.30. The summed E-state index contributed by atoms with van der Waals surface area (Å²) in [7, 11) is 0. The van der Waals surface area contributed by atoms with Gasteiger partial charge in [0.2, 0.25) is 5.91 Å². The van der Waals surface area contributed by atoms with Crippen molar-refractivity contribution in [3.63, 3.8) is 0 Å². The average Bonchev–Trinajstić information content (AvgIpc) is 3.10. The van der Waals surface area contributed by atoms with Crippen molar-refractivity contribution in [3.05, 3.63) is 35.9 Å². The molecular weight excluding hydrogens is 210 g/mol. The zero-order valence-corrected chi connectivity index (χ0v) is 9.20. The van der Waals surface area contributed by atoms with Crippen molar-refractivity contribution in [2.75, 3.05) is 5.88 Å². The molecule has 2 nitrogen and oxygen atoms in total. The Morgan fingerprint density at radius 1 is 1.40 bits per heavy atom. The Morgan fingerprint density at radius 2 is 2.07 bits per heavy atom. The van der Waals surface area contributed by atoms with Gasteiger partial charge < -0.3 is 5.32 Å². The zero-order valence-electron chi connectivity index (χ0n) is 8.45. The number of hydrogen-bond acceptors (Lipinski definition) is 1. The molecule has 0 spiro atoms. The topological polar surface area (TPSA) is 29.1 Å². The highest BCUT2D eigenvalue weighted by molar-refractivity contribution is 6.27. The number of alkyl halides is 1. The predicted molar refractivity (Wildman–Crippen MR) is 60.8 cm³/mol. The van der Waals surface area contributed by atoms with Crippen molar-refractivity contribution < 1.29 is 4.79 Å². The maximum atomic E-state index is 11.3. The van der Waals surface area contributed by atoms with Crippen molar-refractivity contribution in [1.82, 2.24) is 5.32 Å². The predicted octanol–water partition coefficient (Wildman–Crippen LogP) is 2.49. The van der Waals surface area contributed by atoms with Gasteiger partial charge in [-0.3, -0.25) is 4.79 Å². The molecule has 0 heterocycles. The van der Waals surface area contributed by atoms with Gasteiger partial charge in [0.1, 0.15) is 5.88 Å². The Morgan fingerprint density at radius 3 is 2.60 bits per heavy atom. The summed E-state index contributed by atoms with van der Waals surface area (Å²) < 4.78 is 0. The van der Waals surface area contributed by atoms with E-state index in [9.17, 15) is 4.79 Å². The summed E-state index contributed by atoms with van der Waals surface area (Å²) in [5.41, 5.74) is 1.18. The third-order valence-corrected chi connectivity index (χ3v) is 2.93. The first kappa shape index (κ1) is 10.5.